The van der Waals surface area contributed by atoms with E-state index in [0.29, 0.717) is 19.8 Å². The Labute approximate surface area is 141 Å². The summed E-state index contributed by atoms with van der Waals surface area (Å²) in [6.45, 7) is 0. The lowest BCUT2D eigenvalue weighted by Gasteiger charge is -1.94. The van der Waals surface area contributed by atoms with Gasteiger partial charge in [-0.15, -0.1) is 11.3 Å². The van der Waals surface area contributed by atoms with E-state index < -0.39 is 0 Å². The monoisotopic (exact) mass is 341 g/mol. The molecule has 0 spiro atoms. The normalized spacial score (nSPS) is 12.6. The van der Waals surface area contributed by atoms with E-state index in [1.54, 1.807) is 30.3 Å². The first-order valence-electron chi connectivity index (χ1n) is 6.89. The number of nitrogens with one attached hydrogen (secondary N) is 1. The van der Waals surface area contributed by atoms with Crippen molar-refractivity contribution in [1.82, 2.24) is 4.98 Å². The Hall–Kier alpha value is -2.43. The van der Waals surface area contributed by atoms with E-state index in [1.807, 2.05) is 30.3 Å². The van der Waals surface area contributed by atoms with Crippen molar-refractivity contribution in [2.24, 2.45) is 0 Å². The van der Waals surface area contributed by atoms with Gasteiger partial charge in [0.15, 0.2) is 5.78 Å². The molecule has 1 heterocycles. The third-order valence-electron chi connectivity index (χ3n) is 3.17. The molecule has 0 atom stereocenters. The van der Waals surface area contributed by atoms with E-state index in [-0.39, 0.29) is 11.3 Å². The molecule has 3 rings (SSSR count). The SMILES string of the molecule is O=C(C=c1[nH]c(=O)c(=Cc2ccccc2)s1)c1ccc(Cl)cc1. The van der Waals surface area contributed by atoms with Crippen molar-refractivity contribution in [3.05, 3.63) is 90.3 Å². The van der Waals surface area contributed by atoms with Crippen LogP contribution < -0.4 is 14.8 Å². The Balaban J connectivity index is 1.97. The molecular formula is C18H12ClNO2S. The number of aromatic nitrogens is 1. The second-order valence-corrected chi connectivity index (χ2v) is 6.38. The van der Waals surface area contributed by atoms with Crippen molar-refractivity contribution in [2.75, 3.05) is 0 Å². The third-order valence-corrected chi connectivity index (χ3v) is 4.38. The van der Waals surface area contributed by atoms with E-state index in [2.05, 4.69) is 4.98 Å². The molecule has 0 fully saturated rings. The van der Waals surface area contributed by atoms with Crippen LogP contribution in [-0.2, 0) is 0 Å². The fourth-order valence-electron chi connectivity index (χ4n) is 2.04. The molecule has 0 unspecified atom stereocenters. The van der Waals surface area contributed by atoms with E-state index in [9.17, 15) is 9.59 Å². The highest BCUT2D eigenvalue weighted by Gasteiger charge is 2.03. The molecule has 3 nitrogen and oxygen atoms in total. The Morgan fingerprint density at radius 2 is 1.74 bits per heavy atom. The highest BCUT2D eigenvalue weighted by atomic mass is 35.5. The van der Waals surface area contributed by atoms with Gasteiger partial charge in [-0.3, -0.25) is 9.59 Å². The summed E-state index contributed by atoms with van der Waals surface area (Å²) in [7, 11) is 0. The summed E-state index contributed by atoms with van der Waals surface area (Å²) in [6.07, 6.45) is 3.23. The molecule has 2 aromatic carbocycles. The molecule has 23 heavy (non-hydrogen) atoms. The van der Waals surface area contributed by atoms with Crippen LogP contribution in [0.1, 0.15) is 15.9 Å². The third kappa shape index (κ3) is 3.86. The summed E-state index contributed by atoms with van der Waals surface area (Å²) < 4.78 is 1.09. The number of H-pyrrole nitrogens is 1. The van der Waals surface area contributed by atoms with E-state index >= 15 is 0 Å². The maximum atomic E-state index is 12.2. The first-order valence-corrected chi connectivity index (χ1v) is 8.09. The van der Waals surface area contributed by atoms with Crippen molar-refractivity contribution >= 4 is 40.9 Å². The Morgan fingerprint density at radius 3 is 2.43 bits per heavy atom. The number of rotatable bonds is 3. The van der Waals surface area contributed by atoms with Gasteiger partial charge in [0.25, 0.3) is 5.56 Å². The van der Waals surface area contributed by atoms with Crippen LogP contribution in [0.15, 0.2) is 59.4 Å². The van der Waals surface area contributed by atoms with Gasteiger partial charge in [0.1, 0.15) is 0 Å². The summed E-state index contributed by atoms with van der Waals surface area (Å²) in [5, 5.41) is 0.575. The lowest BCUT2D eigenvalue weighted by molar-refractivity contribution is 0.106. The van der Waals surface area contributed by atoms with Gasteiger partial charge < -0.3 is 4.98 Å². The van der Waals surface area contributed by atoms with E-state index in [0.717, 1.165) is 5.56 Å². The smallest absolute Gasteiger partial charge is 0.266 e. The summed E-state index contributed by atoms with van der Waals surface area (Å²) in [4.78, 5) is 26.9. The van der Waals surface area contributed by atoms with Crippen LogP contribution in [0.5, 0.6) is 0 Å². The summed E-state index contributed by atoms with van der Waals surface area (Å²) >= 11 is 7.06. The highest BCUT2D eigenvalue weighted by Crippen LogP contribution is 2.10. The highest BCUT2D eigenvalue weighted by molar-refractivity contribution is 7.07. The molecule has 0 radical (unpaired) electrons. The van der Waals surface area contributed by atoms with Gasteiger partial charge in [0, 0.05) is 16.7 Å². The molecule has 0 aliphatic rings. The van der Waals surface area contributed by atoms with Gasteiger partial charge in [-0.2, -0.15) is 0 Å². The summed E-state index contributed by atoms with van der Waals surface area (Å²) in [5.74, 6) is -0.176. The zero-order valence-corrected chi connectivity index (χ0v) is 13.5. The van der Waals surface area contributed by atoms with Crippen LogP contribution in [0.2, 0.25) is 5.02 Å². The molecular weight excluding hydrogens is 330 g/mol. The Morgan fingerprint density at radius 1 is 1.04 bits per heavy atom. The van der Waals surface area contributed by atoms with Gasteiger partial charge in [-0.25, -0.2) is 0 Å². The number of benzene rings is 2. The number of aromatic amines is 1. The molecule has 0 bridgehead atoms. The zero-order valence-electron chi connectivity index (χ0n) is 12.0. The van der Waals surface area contributed by atoms with Crippen LogP contribution in [0.3, 0.4) is 0 Å². The first-order chi connectivity index (χ1) is 11.1. The molecule has 0 saturated heterocycles. The van der Waals surface area contributed by atoms with Gasteiger partial charge in [0.2, 0.25) is 0 Å². The number of thiazole rings is 1. The predicted octanol–water partition coefficient (Wildman–Crippen LogP) is 2.58. The summed E-state index contributed by atoms with van der Waals surface area (Å²) in [5.41, 5.74) is 1.27. The second-order valence-electron chi connectivity index (χ2n) is 4.86. The largest absolute Gasteiger partial charge is 0.313 e. The molecule has 0 aliphatic carbocycles. The Bertz CT molecular complexity index is 1000. The molecule has 1 N–H and O–H groups in total. The number of carbonyl (C=O) groups is 1. The number of Topliss-reactive ketones (excluding diaryl/α,β-unsaturated/α-hetero) is 1. The number of hydrogen-bond acceptors (Lipinski definition) is 3. The average molecular weight is 342 g/mol. The van der Waals surface area contributed by atoms with Crippen LogP contribution >= 0.6 is 22.9 Å². The maximum absolute atomic E-state index is 12.2. The van der Waals surface area contributed by atoms with Crippen molar-refractivity contribution in [3.63, 3.8) is 0 Å². The topological polar surface area (TPSA) is 49.9 Å². The molecule has 114 valence electrons. The number of halogens is 1. The minimum absolute atomic E-state index is 0.176. The zero-order chi connectivity index (χ0) is 16.2. The maximum Gasteiger partial charge on any atom is 0.266 e. The number of ketones is 1. The Kier molecular flexibility index (Phi) is 4.55. The van der Waals surface area contributed by atoms with Crippen LogP contribution in [-0.4, -0.2) is 10.8 Å². The van der Waals surface area contributed by atoms with Gasteiger partial charge >= 0.3 is 0 Å². The minimum atomic E-state index is -0.200. The molecule has 3 aromatic rings. The van der Waals surface area contributed by atoms with E-state index in [1.165, 1.54) is 17.4 Å². The average Bonchev–Trinajstić information content (AvgIpc) is 2.88. The van der Waals surface area contributed by atoms with E-state index in [4.69, 9.17) is 11.6 Å². The fourth-order valence-corrected chi connectivity index (χ4v) is 3.05. The first kappa shape index (κ1) is 15.5. The quantitative estimate of drug-likeness (QED) is 0.744. The van der Waals surface area contributed by atoms with Crippen molar-refractivity contribution in [1.29, 1.82) is 0 Å². The van der Waals surface area contributed by atoms with Crippen molar-refractivity contribution in [2.45, 2.75) is 0 Å². The van der Waals surface area contributed by atoms with Gasteiger partial charge in [0.05, 0.1) is 9.20 Å². The molecule has 0 aliphatic heterocycles. The second kappa shape index (κ2) is 6.77. The van der Waals surface area contributed by atoms with Gasteiger partial charge in [-0.05, 0) is 35.9 Å². The number of carbonyl (C=O) groups excluding carboxylic acids is 1. The lowest BCUT2D eigenvalue weighted by Crippen LogP contribution is -2.19. The lowest BCUT2D eigenvalue weighted by atomic mass is 10.1. The van der Waals surface area contributed by atoms with Crippen LogP contribution in [0.25, 0.3) is 12.2 Å². The molecule has 0 saturated carbocycles. The molecule has 5 heteroatoms. The molecule has 1 aromatic heterocycles. The fraction of sp³-hybridized carbons (Fsp3) is 0. The van der Waals surface area contributed by atoms with Crippen molar-refractivity contribution in [3.8, 4) is 0 Å². The predicted molar refractivity (Wildman–Crippen MR) is 94.4 cm³/mol. The van der Waals surface area contributed by atoms with Crippen molar-refractivity contribution < 1.29 is 4.79 Å². The van der Waals surface area contributed by atoms with Crippen LogP contribution in [0.4, 0.5) is 0 Å². The number of hydrogen-bond donors (Lipinski definition) is 1. The van der Waals surface area contributed by atoms with Gasteiger partial charge in [-0.1, -0.05) is 41.9 Å². The summed E-state index contributed by atoms with van der Waals surface area (Å²) in [6, 6.07) is 16.2. The minimum Gasteiger partial charge on any atom is -0.313 e. The standard InChI is InChI=1S/C18H12ClNO2S/c19-14-8-6-13(7-9-14)15(21)11-17-20-18(22)16(23-17)10-12-4-2-1-3-5-12/h1-11H,(H,20,22). The van der Waals surface area contributed by atoms with Crippen LogP contribution in [0, 0.1) is 0 Å². The molecule has 0 amide bonds.